The largest absolute Gasteiger partial charge is 0.325 e. The van der Waals surface area contributed by atoms with Gasteiger partial charge < -0.3 is 4.98 Å². The summed E-state index contributed by atoms with van der Waals surface area (Å²) in [6, 6.07) is 16.8. The van der Waals surface area contributed by atoms with Crippen molar-refractivity contribution in [3.05, 3.63) is 99.1 Å². The van der Waals surface area contributed by atoms with Crippen molar-refractivity contribution in [2.45, 2.75) is 18.3 Å². The highest BCUT2D eigenvalue weighted by Gasteiger charge is 2.42. The first-order valence-electron chi connectivity index (χ1n) is 9.83. The van der Waals surface area contributed by atoms with Gasteiger partial charge in [0.1, 0.15) is 0 Å². The zero-order valence-electron chi connectivity index (χ0n) is 15.9. The number of H-pyrrole nitrogens is 2. The zero-order chi connectivity index (χ0) is 20.2. The van der Waals surface area contributed by atoms with E-state index in [9.17, 15) is 9.59 Å². The van der Waals surface area contributed by atoms with Crippen LogP contribution in [0.1, 0.15) is 29.4 Å². The molecule has 2 aromatic carbocycles. The number of fused-ring (bicyclic) bond motifs is 2. The highest BCUT2D eigenvalue weighted by atomic mass is 16.2. The maximum atomic E-state index is 12.3. The fourth-order valence-electron chi connectivity index (χ4n) is 4.40. The number of aromatic amines is 2. The molecule has 146 valence electrons. The molecule has 3 heterocycles. The van der Waals surface area contributed by atoms with Gasteiger partial charge in [-0.15, -0.1) is 0 Å². The third-order valence-electron chi connectivity index (χ3n) is 5.90. The van der Waals surface area contributed by atoms with Crippen LogP contribution >= 0.6 is 0 Å². The van der Waals surface area contributed by atoms with Gasteiger partial charge in [0, 0.05) is 24.2 Å². The summed E-state index contributed by atoms with van der Waals surface area (Å²) in [6.07, 6.45) is 5.91. The molecule has 5 aromatic rings. The Kier molecular flexibility index (Phi) is 3.52. The molecule has 0 spiro atoms. The lowest BCUT2D eigenvalue weighted by Gasteiger charge is -2.09. The van der Waals surface area contributed by atoms with Crippen LogP contribution in [0.3, 0.4) is 0 Å². The molecular formula is C23H17N5O2. The Bertz CT molecular complexity index is 1540. The van der Waals surface area contributed by atoms with Crippen molar-refractivity contribution in [2.75, 3.05) is 0 Å². The fraction of sp³-hybridized carbons (Fsp3) is 0.130. The number of nitrogens with zero attached hydrogens (tertiary/aromatic N) is 3. The van der Waals surface area contributed by atoms with Gasteiger partial charge in [0.2, 0.25) is 0 Å². The number of rotatable bonds is 3. The van der Waals surface area contributed by atoms with Crippen molar-refractivity contribution in [3.63, 3.8) is 0 Å². The lowest BCUT2D eigenvalue weighted by atomic mass is 9.98. The fourth-order valence-corrected chi connectivity index (χ4v) is 4.40. The van der Waals surface area contributed by atoms with Crippen LogP contribution < -0.4 is 11.2 Å². The van der Waals surface area contributed by atoms with Gasteiger partial charge in [-0.25, -0.2) is 14.3 Å². The Balaban J connectivity index is 1.48. The average molecular weight is 395 g/mol. The number of hydrogen-bond donors (Lipinski definition) is 2. The summed E-state index contributed by atoms with van der Waals surface area (Å²) in [4.78, 5) is 33.0. The molecule has 1 fully saturated rings. The van der Waals surface area contributed by atoms with Gasteiger partial charge in [0.05, 0.1) is 11.3 Å². The first-order chi connectivity index (χ1) is 14.7. The summed E-state index contributed by atoms with van der Waals surface area (Å²) < 4.78 is 1.70. The third-order valence-corrected chi connectivity index (χ3v) is 5.90. The number of nitrogens with one attached hydrogen (secondary N) is 2. The maximum Gasteiger partial charge on any atom is 0.325 e. The molecule has 7 heteroatoms. The van der Waals surface area contributed by atoms with Crippen LogP contribution in [0.25, 0.3) is 27.7 Å². The molecule has 3 aromatic heterocycles. The topological polar surface area (TPSA) is 95.9 Å². The quantitative estimate of drug-likeness (QED) is 0.490. The van der Waals surface area contributed by atoms with Gasteiger partial charge in [-0.05, 0) is 40.7 Å². The van der Waals surface area contributed by atoms with Crippen molar-refractivity contribution in [1.29, 1.82) is 0 Å². The second kappa shape index (κ2) is 6.25. The smallest absolute Gasteiger partial charge is 0.313 e. The summed E-state index contributed by atoms with van der Waals surface area (Å²) in [7, 11) is 0. The Morgan fingerprint density at radius 3 is 2.73 bits per heavy atom. The predicted molar refractivity (Wildman–Crippen MR) is 114 cm³/mol. The van der Waals surface area contributed by atoms with Crippen LogP contribution in [0.4, 0.5) is 0 Å². The van der Waals surface area contributed by atoms with Crippen LogP contribution in [0.15, 0.2) is 76.7 Å². The molecule has 0 aliphatic heterocycles. The maximum absolute atomic E-state index is 12.3. The van der Waals surface area contributed by atoms with E-state index in [0.717, 1.165) is 17.6 Å². The van der Waals surface area contributed by atoms with Crippen LogP contribution in [-0.2, 0) is 0 Å². The number of imidazole rings is 1. The summed E-state index contributed by atoms with van der Waals surface area (Å²) >= 11 is 0. The van der Waals surface area contributed by atoms with E-state index in [2.05, 4.69) is 62.5 Å². The number of benzene rings is 2. The molecule has 1 aliphatic rings. The summed E-state index contributed by atoms with van der Waals surface area (Å²) in [6.45, 7) is 0. The Morgan fingerprint density at radius 2 is 1.83 bits per heavy atom. The van der Waals surface area contributed by atoms with Gasteiger partial charge in [0.15, 0.2) is 5.65 Å². The Morgan fingerprint density at radius 1 is 1.00 bits per heavy atom. The van der Waals surface area contributed by atoms with E-state index >= 15 is 0 Å². The molecule has 7 nitrogen and oxygen atoms in total. The second-order valence-electron chi connectivity index (χ2n) is 7.68. The van der Waals surface area contributed by atoms with Gasteiger partial charge in [-0.3, -0.25) is 9.78 Å². The molecule has 1 saturated carbocycles. The van der Waals surface area contributed by atoms with Crippen LogP contribution in [0.2, 0.25) is 0 Å². The summed E-state index contributed by atoms with van der Waals surface area (Å²) in [5.41, 5.74) is 3.04. The molecule has 1 aliphatic carbocycles. The van der Waals surface area contributed by atoms with Crippen LogP contribution in [-0.4, -0.2) is 24.6 Å². The molecule has 0 radical (unpaired) electrons. The molecule has 0 amide bonds. The average Bonchev–Trinajstić information content (AvgIpc) is 3.40. The van der Waals surface area contributed by atoms with E-state index in [1.165, 1.54) is 22.5 Å². The van der Waals surface area contributed by atoms with E-state index in [4.69, 9.17) is 0 Å². The van der Waals surface area contributed by atoms with Crippen LogP contribution in [0, 0.1) is 0 Å². The molecular weight excluding hydrogens is 378 g/mol. The highest BCUT2D eigenvalue weighted by molar-refractivity contribution is 5.86. The van der Waals surface area contributed by atoms with Gasteiger partial charge >= 0.3 is 5.69 Å². The molecule has 2 N–H and O–H groups in total. The minimum absolute atomic E-state index is 0.296. The molecule has 2 atom stereocenters. The van der Waals surface area contributed by atoms with Crippen molar-refractivity contribution in [3.8, 4) is 11.3 Å². The van der Waals surface area contributed by atoms with Crippen molar-refractivity contribution < 1.29 is 0 Å². The Hall–Kier alpha value is -4.00. The van der Waals surface area contributed by atoms with Gasteiger partial charge in [0.25, 0.3) is 5.56 Å². The summed E-state index contributed by atoms with van der Waals surface area (Å²) in [5.74, 6) is 0.685. The van der Waals surface area contributed by atoms with Crippen LogP contribution in [0.5, 0.6) is 0 Å². The SMILES string of the molecule is O=c1[nH]cc(-c2cc([C@@H]3C[C@H]3c3cccc4ccccc34)c3nccn3n2)c(=O)[nH]1. The molecule has 6 rings (SSSR count). The van der Waals surface area contributed by atoms with E-state index in [0.29, 0.717) is 23.1 Å². The van der Waals surface area contributed by atoms with Crippen molar-refractivity contribution in [2.24, 2.45) is 0 Å². The van der Waals surface area contributed by atoms with E-state index < -0.39 is 11.2 Å². The van der Waals surface area contributed by atoms with Crippen molar-refractivity contribution in [1.82, 2.24) is 24.6 Å². The Labute approximate surface area is 170 Å². The van der Waals surface area contributed by atoms with E-state index in [-0.39, 0.29) is 0 Å². The number of hydrogen-bond acceptors (Lipinski definition) is 4. The zero-order valence-corrected chi connectivity index (χ0v) is 15.9. The standard InChI is InChI=1S/C23H17N5O2/c29-22-19(12-25-23(30)26-22)20-11-18(21-24-8-9-28(21)27-20)17-10-16(17)15-7-3-5-13-4-1-2-6-14(13)15/h1-9,11-12,16-17H,10H2,(H2,25,26,29,30)/t16-,17+/m0/s1. The van der Waals surface area contributed by atoms with E-state index in [1.807, 2.05) is 6.07 Å². The minimum atomic E-state index is -0.536. The third kappa shape index (κ3) is 2.59. The van der Waals surface area contributed by atoms with Crippen molar-refractivity contribution >= 4 is 16.4 Å². The summed E-state index contributed by atoms with van der Waals surface area (Å²) in [5, 5.41) is 7.04. The van der Waals surface area contributed by atoms with Gasteiger partial charge in [-0.2, -0.15) is 5.10 Å². The first kappa shape index (κ1) is 16.9. The molecule has 30 heavy (non-hydrogen) atoms. The molecule has 0 bridgehead atoms. The second-order valence-corrected chi connectivity index (χ2v) is 7.68. The number of aromatic nitrogens is 5. The lowest BCUT2D eigenvalue weighted by Crippen LogP contribution is -2.23. The van der Waals surface area contributed by atoms with Gasteiger partial charge in [-0.1, -0.05) is 42.5 Å². The minimum Gasteiger partial charge on any atom is -0.313 e. The molecule has 0 unspecified atom stereocenters. The normalized spacial score (nSPS) is 18.1. The van der Waals surface area contributed by atoms with E-state index in [1.54, 1.807) is 16.9 Å². The molecule has 0 saturated heterocycles. The highest BCUT2D eigenvalue weighted by Crippen LogP contribution is 2.56. The lowest BCUT2D eigenvalue weighted by molar-refractivity contribution is 0.906. The monoisotopic (exact) mass is 395 g/mol. The first-order valence-corrected chi connectivity index (χ1v) is 9.83. The predicted octanol–water partition coefficient (Wildman–Crippen LogP) is 3.20.